The Morgan fingerprint density at radius 3 is 2.50 bits per heavy atom. The molecule has 100 valence electrons. The largest absolute Gasteiger partial charge is 0.493 e. The number of nitrogens with one attached hydrogen (secondary N) is 2. The Labute approximate surface area is 112 Å². The van der Waals surface area contributed by atoms with E-state index in [9.17, 15) is 0 Å². The highest BCUT2D eigenvalue weighted by Crippen LogP contribution is 2.34. The second-order valence-electron chi connectivity index (χ2n) is 3.45. The summed E-state index contributed by atoms with van der Waals surface area (Å²) in [6.45, 7) is 0.915. The number of hydrogen-bond acceptors (Lipinski definition) is 5. The van der Waals surface area contributed by atoms with Gasteiger partial charge < -0.3 is 19.5 Å². The van der Waals surface area contributed by atoms with Gasteiger partial charge >= 0.3 is 0 Å². The average Bonchev–Trinajstić information content (AvgIpc) is 2.38. The highest BCUT2D eigenvalue weighted by molar-refractivity contribution is 6.69. The number of anilines is 1. The Morgan fingerprint density at radius 1 is 1.28 bits per heavy atom. The summed E-state index contributed by atoms with van der Waals surface area (Å²) in [6.07, 6.45) is 0. The van der Waals surface area contributed by atoms with Crippen LogP contribution in [0.1, 0.15) is 5.56 Å². The summed E-state index contributed by atoms with van der Waals surface area (Å²) in [7, 11) is 4.90. The van der Waals surface area contributed by atoms with E-state index in [4.69, 9.17) is 31.2 Å². The van der Waals surface area contributed by atoms with Gasteiger partial charge in [-0.15, -0.1) is 0 Å². The summed E-state index contributed by atoms with van der Waals surface area (Å²) in [6, 6.07) is 3.42. The summed E-state index contributed by atoms with van der Waals surface area (Å²) >= 11 is 5.72. The first-order valence-electron chi connectivity index (χ1n) is 5.40. The summed E-state index contributed by atoms with van der Waals surface area (Å²) in [5.74, 6) is 1.12. The molecule has 0 saturated heterocycles. The number of ether oxygens (including phenoxy) is 3. The van der Waals surface area contributed by atoms with Gasteiger partial charge in [0, 0.05) is 31.5 Å². The summed E-state index contributed by atoms with van der Waals surface area (Å²) in [5.41, 5.74) is 1.28. The fraction of sp³-hybridized carbons (Fsp3) is 0.417. The molecule has 2 N–H and O–H groups in total. The van der Waals surface area contributed by atoms with Crippen molar-refractivity contribution in [3.8, 4) is 11.5 Å². The van der Waals surface area contributed by atoms with Crippen molar-refractivity contribution in [2.75, 3.05) is 39.8 Å². The van der Waals surface area contributed by atoms with Crippen LogP contribution in [0.2, 0.25) is 0 Å². The van der Waals surface area contributed by atoms with E-state index < -0.39 is 0 Å². The van der Waals surface area contributed by atoms with Crippen LogP contribution in [0, 0.1) is 5.41 Å². The van der Waals surface area contributed by atoms with Crippen molar-refractivity contribution in [3.63, 3.8) is 0 Å². The normalized spacial score (nSPS) is 10.0. The summed E-state index contributed by atoms with van der Waals surface area (Å²) < 4.78 is 15.7. The molecule has 0 aliphatic rings. The van der Waals surface area contributed by atoms with E-state index in [1.165, 1.54) is 0 Å². The quantitative estimate of drug-likeness (QED) is 0.591. The van der Waals surface area contributed by atoms with Gasteiger partial charge in [-0.3, -0.25) is 5.41 Å². The molecule has 1 rings (SSSR count). The topological polar surface area (TPSA) is 63.6 Å². The lowest BCUT2D eigenvalue weighted by Gasteiger charge is -2.15. The molecule has 0 aliphatic carbocycles. The molecule has 0 saturated carbocycles. The minimum atomic E-state index is -0.0545. The van der Waals surface area contributed by atoms with Gasteiger partial charge in [0.05, 0.1) is 13.7 Å². The summed E-state index contributed by atoms with van der Waals surface area (Å²) in [5, 5.41) is 10.4. The summed E-state index contributed by atoms with van der Waals surface area (Å²) in [4.78, 5) is 0. The van der Waals surface area contributed by atoms with Crippen molar-refractivity contribution in [3.05, 3.63) is 17.7 Å². The smallest absolute Gasteiger partial charge is 0.163 e. The molecule has 6 heteroatoms. The molecule has 0 aromatic heterocycles. The Hall–Kier alpha value is -1.46. The van der Waals surface area contributed by atoms with Crippen molar-refractivity contribution in [1.29, 1.82) is 5.41 Å². The van der Waals surface area contributed by atoms with Gasteiger partial charge in [-0.2, -0.15) is 0 Å². The number of halogens is 1. The minimum absolute atomic E-state index is 0.0545. The highest BCUT2D eigenvalue weighted by atomic mass is 35.5. The molecule has 0 unspecified atom stereocenters. The lowest BCUT2D eigenvalue weighted by atomic mass is 10.1. The van der Waals surface area contributed by atoms with Crippen LogP contribution < -0.4 is 14.8 Å². The third-order valence-corrected chi connectivity index (χ3v) is 2.56. The predicted octanol–water partition coefficient (Wildman–Crippen LogP) is 2.33. The zero-order chi connectivity index (χ0) is 13.5. The van der Waals surface area contributed by atoms with Crippen LogP contribution in [0.5, 0.6) is 11.5 Å². The third kappa shape index (κ3) is 3.51. The first-order chi connectivity index (χ1) is 8.63. The monoisotopic (exact) mass is 272 g/mol. The van der Waals surface area contributed by atoms with E-state index >= 15 is 0 Å². The fourth-order valence-corrected chi connectivity index (χ4v) is 1.61. The van der Waals surface area contributed by atoms with E-state index in [1.54, 1.807) is 33.4 Å². The van der Waals surface area contributed by atoms with Gasteiger partial charge in [0.15, 0.2) is 11.5 Å². The lowest BCUT2D eigenvalue weighted by molar-refractivity contribution is 0.144. The first kappa shape index (κ1) is 14.6. The zero-order valence-electron chi connectivity index (χ0n) is 10.7. The highest BCUT2D eigenvalue weighted by Gasteiger charge is 2.13. The molecule has 0 atom stereocenters. The van der Waals surface area contributed by atoms with Crippen LogP contribution in [0.3, 0.4) is 0 Å². The number of benzene rings is 1. The molecular formula is C12H17ClN2O3. The van der Waals surface area contributed by atoms with Gasteiger partial charge in [0.2, 0.25) is 0 Å². The van der Waals surface area contributed by atoms with Crippen LogP contribution in [0.15, 0.2) is 12.1 Å². The molecule has 1 aromatic rings. The van der Waals surface area contributed by atoms with Crippen LogP contribution in [-0.2, 0) is 4.74 Å². The maximum absolute atomic E-state index is 7.50. The van der Waals surface area contributed by atoms with Crippen molar-refractivity contribution in [2.24, 2.45) is 0 Å². The fourth-order valence-electron chi connectivity index (χ4n) is 1.46. The van der Waals surface area contributed by atoms with Crippen LogP contribution in [-0.4, -0.2) is 39.7 Å². The van der Waals surface area contributed by atoms with E-state index in [0.717, 1.165) is 0 Å². The second-order valence-corrected chi connectivity index (χ2v) is 3.83. The number of methoxy groups -OCH3 is 2. The van der Waals surface area contributed by atoms with E-state index in [1.807, 2.05) is 0 Å². The molecule has 0 fully saturated rings. The lowest BCUT2D eigenvalue weighted by Crippen LogP contribution is -2.07. The zero-order valence-corrected chi connectivity index (χ0v) is 11.4. The molecule has 0 heterocycles. The van der Waals surface area contributed by atoms with Gasteiger partial charge in [-0.1, -0.05) is 11.6 Å². The average molecular weight is 273 g/mol. The molecule has 0 bridgehead atoms. The predicted molar refractivity (Wildman–Crippen MR) is 72.6 cm³/mol. The Kier molecular flexibility index (Phi) is 5.74. The van der Waals surface area contributed by atoms with Crippen molar-refractivity contribution in [2.45, 2.75) is 0 Å². The van der Waals surface area contributed by atoms with E-state index in [0.29, 0.717) is 36.0 Å². The number of hydrogen-bond donors (Lipinski definition) is 2. The molecule has 5 nitrogen and oxygen atoms in total. The molecule has 18 heavy (non-hydrogen) atoms. The standard InChI is InChI=1S/C12H17ClN2O3/c1-15-9-7-11(18-5-4-16-2)10(17-3)6-8(9)12(13)14/h6-7,14-15H,4-5H2,1-3H3. The van der Waals surface area contributed by atoms with Gasteiger partial charge in [0.1, 0.15) is 11.8 Å². The van der Waals surface area contributed by atoms with Gasteiger partial charge in [-0.05, 0) is 6.07 Å². The molecule has 0 amide bonds. The minimum Gasteiger partial charge on any atom is -0.493 e. The van der Waals surface area contributed by atoms with Crippen LogP contribution in [0.4, 0.5) is 5.69 Å². The van der Waals surface area contributed by atoms with Gasteiger partial charge in [-0.25, -0.2) is 0 Å². The maximum atomic E-state index is 7.50. The molecule has 1 aromatic carbocycles. The SMILES string of the molecule is CNc1cc(OCCOC)c(OC)cc1C(=N)Cl. The molecule has 0 spiro atoms. The second kappa shape index (κ2) is 7.08. The van der Waals surface area contributed by atoms with Crippen molar-refractivity contribution < 1.29 is 14.2 Å². The van der Waals surface area contributed by atoms with E-state index in [-0.39, 0.29) is 5.17 Å². The Bertz CT molecular complexity index is 424. The molecular weight excluding hydrogens is 256 g/mol. The maximum Gasteiger partial charge on any atom is 0.163 e. The van der Waals surface area contributed by atoms with E-state index in [2.05, 4.69) is 5.32 Å². The van der Waals surface area contributed by atoms with Crippen molar-refractivity contribution in [1.82, 2.24) is 0 Å². The van der Waals surface area contributed by atoms with Crippen molar-refractivity contribution >= 4 is 22.5 Å². The molecule has 0 aliphatic heterocycles. The Balaban J connectivity index is 3.05. The third-order valence-electron chi connectivity index (χ3n) is 2.35. The number of rotatable bonds is 7. The molecule has 0 radical (unpaired) electrons. The Morgan fingerprint density at radius 2 is 2.00 bits per heavy atom. The first-order valence-corrected chi connectivity index (χ1v) is 5.77. The van der Waals surface area contributed by atoms with Crippen LogP contribution in [0.25, 0.3) is 0 Å². The van der Waals surface area contributed by atoms with Gasteiger partial charge in [0.25, 0.3) is 0 Å². The van der Waals surface area contributed by atoms with Crippen LogP contribution >= 0.6 is 11.6 Å².